The van der Waals surface area contributed by atoms with Gasteiger partial charge in [-0.3, -0.25) is 0 Å². The van der Waals surface area contributed by atoms with Gasteiger partial charge in [-0.25, -0.2) is 4.98 Å². The summed E-state index contributed by atoms with van der Waals surface area (Å²) in [6, 6.07) is 4.04. The molecule has 3 N–H and O–H groups in total. The number of anilines is 1. The largest absolute Gasteiger partial charge is 0.481 e. The Morgan fingerprint density at radius 2 is 2.29 bits per heavy atom. The average Bonchev–Trinajstić information content (AvgIpc) is 2.85. The molecule has 7 heteroatoms. The molecule has 0 aliphatic carbocycles. The summed E-state index contributed by atoms with van der Waals surface area (Å²) in [6.07, 6.45) is 1.71. The molecule has 0 spiro atoms. The van der Waals surface area contributed by atoms with Gasteiger partial charge in [0.2, 0.25) is 11.8 Å². The molecular formula is C10H13N5O2. The molecule has 2 rings (SSSR count). The van der Waals surface area contributed by atoms with Gasteiger partial charge in [-0.15, -0.1) is 5.10 Å². The van der Waals surface area contributed by atoms with Gasteiger partial charge in [0.15, 0.2) is 0 Å². The van der Waals surface area contributed by atoms with Crippen molar-refractivity contribution < 1.29 is 9.15 Å². The average molecular weight is 235 g/mol. The highest BCUT2D eigenvalue weighted by atomic mass is 16.5. The second-order valence-electron chi connectivity index (χ2n) is 3.27. The van der Waals surface area contributed by atoms with Crippen molar-refractivity contribution in [3.05, 3.63) is 29.8 Å². The molecule has 2 heterocycles. The van der Waals surface area contributed by atoms with Crippen LogP contribution >= 0.6 is 0 Å². The van der Waals surface area contributed by atoms with Crippen LogP contribution in [-0.4, -0.2) is 22.3 Å². The van der Waals surface area contributed by atoms with Crippen molar-refractivity contribution in [2.45, 2.75) is 13.1 Å². The molecule has 0 saturated heterocycles. The predicted octanol–water partition coefficient (Wildman–Crippen LogP) is 0.544. The Morgan fingerprint density at radius 3 is 2.88 bits per heavy atom. The van der Waals surface area contributed by atoms with Crippen LogP contribution in [0.3, 0.4) is 0 Å². The van der Waals surface area contributed by atoms with Crippen LogP contribution in [0.25, 0.3) is 0 Å². The van der Waals surface area contributed by atoms with Crippen molar-refractivity contribution in [2.24, 2.45) is 5.73 Å². The second kappa shape index (κ2) is 5.26. The summed E-state index contributed by atoms with van der Waals surface area (Å²) in [4.78, 5) is 4.08. The zero-order chi connectivity index (χ0) is 12.1. The van der Waals surface area contributed by atoms with E-state index >= 15 is 0 Å². The van der Waals surface area contributed by atoms with Crippen LogP contribution in [0.2, 0.25) is 0 Å². The first-order valence-corrected chi connectivity index (χ1v) is 5.07. The van der Waals surface area contributed by atoms with Crippen LogP contribution in [0.1, 0.15) is 11.5 Å². The summed E-state index contributed by atoms with van der Waals surface area (Å²) in [5.41, 5.74) is 6.34. The summed E-state index contributed by atoms with van der Waals surface area (Å²) < 4.78 is 10.2. The van der Waals surface area contributed by atoms with Crippen molar-refractivity contribution in [1.82, 2.24) is 15.2 Å². The monoisotopic (exact) mass is 235 g/mol. The van der Waals surface area contributed by atoms with E-state index in [1.54, 1.807) is 19.4 Å². The third-order valence-corrected chi connectivity index (χ3v) is 2.09. The Morgan fingerprint density at radius 1 is 1.41 bits per heavy atom. The van der Waals surface area contributed by atoms with Crippen LogP contribution in [0, 0.1) is 0 Å². The smallest absolute Gasteiger partial charge is 0.315 e. The zero-order valence-corrected chi connectivity index (χ0v) is 9.38. The van der Waals surface area contributed by atoms with Crippen LogP contribution in [0.5, 0.6) is 5.88 Å². The Labute approximate surface area is 98.0 Å². The first kappa shape index (κ1) is 11.3. The molecule has 90 valence electrons. The van der Waals surface area contributed by atoms with Crippen molar-refractivity contribution in [3.63, 3.8) is 0 Å². The summed E-state index contributed by atoms with van der Waals surface area (Å²) >= 11 is 0. The molecule has 0 amide bonds. The summed E-state index contributed by atoms with van der Waals surface area (Å²) in [5, 5.41) is 10.5. The molecule has 0 atom stereocenters. The normalized spacial score (nSPS) is 10.2. The fourth-order valence-electron chi connectivity index (χ4n) is 1.22. The number of methoxy groups -OCH3 is 1. The minimum Gasteiger partial charge on any atom is -0.481 e. The van der Waals surface area contributed by atoms with Gasteiger partial charge in [-0.05, 0) is 5.56 Å². The minimum absolute atomic E-state index is 0.235. The molecular weight excluding hydrogens is 222 g/mol. The van der Waals surface area contributed by atoms with Crippen LogP contribution in [0.15, 0.2) is 22.7 Å². The van der Waals surface area contributed by atoms with E-state index in [2.05, 4.69) is 20.5 Å². The van der Waals surface area contributed by atoms with Gasteiger partial charge in [-0.1, -0.05) is 11.2 Å². The molecule has 7 nitrogen and oxygen atoms in total. The number of hydrogen-bond acceptors (Lipinski definition) is 7. The van der Waals surface area contributed by atoms with Crippen molar-refractivity contribution in [2.75, 3.05) is 12.4 Å². The molecule has 0 saturated carbocycles. The fourth-order valence-corrected chi connectivity index (χ4v) is 1.22. The highest BCUT2D eigenvalue weighted by Crippen LogP contribution is 2.09. The lowest BCUT2D eigenvalue weighted by Crippen LogP contribution is -2.00. The quantitative estimate of drug-likeness (QED) is 0.780. The van der Waals surface area contributed by atoms with E-state index < -0.39 is 0 Å². The minimum atomic E-state index is 0.235. The Kier molecular flexibility index (Phi) is 3.51. The van der Waals surface area contributed by atoms with Crippen LogP contribution in [0.4, 0.5) is 6.01 Å². The molecule has 17 heavy (non-hydrogen) atoms. The number of ether oxygens (including phenoxy) is 1. The van der Waals surface area contributed by atoms with Gasteiger partial charge in [0.05, 0.1) is 13.7 Å². The topological polar surface area (TPSA) is 99.1 Å². The predicted molar refractivity (Wildman–Crippen MR) is 60.3 cm³/mol. The van der Waals surface area contributed by atoms with E-state index in [1.165, 1.54) is 0 Å². The van der Waals surface area contributed by atoms with Gasteiger partial charge < -0.3 is 20.2 Å². The highest BCUT2D eigenvalue weighted by molar-refractivity contribution is 5.24. The molecule has 2 aromatic heterocycles. The second-order valence-corrected chi connectivity index (χ2v) is 3.27. The molecule has 0 unspecified atom stereocenters. The van der Waals surface area contributed by atoms with Gasteiger partial charge in [0, 0.05) is 18.8 Å². The van der Waals surface area contributed by atoms with Gasteiger partial charge >= 0.3 is 6.01 Å². The molecule has 0 radical (unpaired) electrons. The van der Waals surface area contributed by atoms with Gasteiger partial charge in [-0.2, -0.15) is 0 Å². The van der Waals surface area contributed by atoms with Crippen molar-refractivity contribution >= 4 is 6.01 Å². The maximum absolute atomic E-state index is 5.35. The third kappa shape index (κ3) is 2.91. The van der Waals surface area contributed by atoms with Gasteiger partial charge in [0.25, 0.3) is 0 Å². The van der Waals surface area contributed by atoms with E-state index in [1.807, 2.05) is 6.07 Å². The lowest BCUT2D eigenvalue weighted by atomic mass is 10.3. The van der Waals surface area contributed by atoms with Gasteiger partial charge in [0.1, 0.15) is 0 Å². The van der Waals surface area contributed by atoms with E-state index in [4.69, 9.17) is 14.9 Å². The maximum Gasteiger partial charge on any atom is 0.315 e. The molecule has 0 bridgehead atoms. The van der Waals surface area contributed by atoms with E-state index in [9.17, 15) is 0 Å². The SMILES string of the molecule is COc1ccc(CNc2nnc(CN)o2)cn1. The number of nitrogens with one attached hydrogen (secondary N) is 1. The number of aromatic nitrogens is 3. The first-order chi connectivity index (χ1) is 8.31. The van der Waals surface area contributed by atoms with E-state index in [0.29, 0.717) is 24.3 Å². The molecule has 0 aliphatic rings. The van der Waals surface area contributed by atoms with Crippen molar-refractivity contribution in [1.29, 1.82) is 0 Å². The number of nitrogens with zero attached hydrogens (tertiary/aromatic N) is 3. The Balaban J connectivity index is 1.92. The maximum atomic E-state index is 5.35. The number of nitrogens with two attached hydrogens (primary N) is 1. The number of hydrogen-bond donors (Lipinski definition) is 2. The standard InChI is InChI=1S/C10H13N5O2/c1-16-8-3-2-7(5-12-8)6-13-10-15-14-9(4-11)17-10/h2-3,5H,4,6,11H2,1H3,(H,13,15). The van der Waals surface area contributed by atoms with E-state index in [0.717, 1.165) is 5.56 Å². The summed E-state index contributed by atoms with van der Waals surface area (Å²) in [5.74, 6) is 0.984. The summed E-state index contributed by atoms with van der Waals surface area (Å²) in [7, 11) is 1.58. The molecule has 2 aromatic rings. The Hall–Kier alpha value is -2.15. The fraction of sp³-hybridized carbons (Fsp3) is 0.300. The lowest BCUT2D eigenvalue weighted by Gasteiger charge is -2.02. The highest BCUT2D eigenvalue weighted by Gasteiger charge is 2.03. The number of pyridine rings is 1. The molecule has 0 fully saturated rings. The molecule has 0 aliphatic heterocycles. The molecule has 0 aromatic carbocycles. The lowest BCUT2D eigenvalue weighted by molar-refractivity contribution is 0.397. The number of rotatable bonds is 5. The zero-order valence-electron chi connectivity index (χ0n) is 9.38. The van der Waals surface area contributed by atoms with Crippen LogP contribution < -0.4 is 15.8 Å². The first-order valence-electron chi connectivity index (χ1n) is 5.07. The van der Waals surface area contributed by atoms with Crippen LogP contribution in [-0.2, 0) is 13.1 Å². The Bertz CT molecular complexity index is 468. The van der Waals surface area contributed by atoms with Crippen molar-refractivity contribution in [3.8, 4) is 5.88 Å². The van der Waals surface area contributed by atoms with E-state index in [-0.39, 0.29) is 6.54 Å². The summed E-state index contributed by atoms with van der Waals surface area (Å²) in [6.45, 7) is 0.780. The third-order valence-electron chi connectivity index (χ3n) is 2.09.